The monoisotopic (exact) mass is 216 g/mol. The summed E-state index contributed by atoms with van der Waals surface area (Å²) < 4.78 is 0. The van der Waals surface area contributed by atoms with Gasteiger partial charge in [0, 0.05) is 19.1 Å². The summed E-state index contributed by atoms with van der Waals surface area (Å²) in [6.45, 7) is 9.41. The van der Waals surface area contributed by atoms with E-state index in [1.54, 1.807) is 6.92 Å². The molecule has 0 saturated carbocycles. The molecule has 0 aromatic carbocycles. The van der Waals surface area contributed by atoms with Gasteiger partial charge in [0.25, 0.3) is 0 Å². The highest BCUT2D eigenvalue weighted by Gasteiger charge is 2.29. The van der Waals surface area contributed by atoms with Crippen LogP contribution in [0.4, 0.5) is 0 Å². The van der Waals surface area contributed by atoms with Crippen LogP contribution in [-0.2, 0) is 4.79 Å². The summed E-state index contributed by atoms with van der Waals surface area (Å²) in [6.07, 6.45) is 0.591. The van der Waals surface area contributed by atoms with Crippen molar-refractivity contribution in [1.29, 1.82) is 0 Å². The second-order valence-corrected chi connectivity index (χ2v) is 4.49. The fraction of sp³-hybridized carbons (Fsp3) is 0.909. The standard InChI is InChI=1S/C11H24N2O2/c1-6-11(4,10(14)15)12-7-8-13(5)9(2)3/h9,12H,6-8H2,1-5H3,(H,14,15). The zero-order valence-corrected chi connectivity index (χ0v) is 10.5. The van der Waals surface area contributed by atoms with Crippen LogP contribution in [0.25, 0.3) is 0 Å². The number of rotatable bonds is 7. The van der Waals surface area contributed by atoms with Gasteiger partial charge in [-0.15, -0.1) is 0 Å². The Morgan fingerprint density at radius 1 is 1.53 bits per heavy atom. The molecule has 4 nitrogen and oxygen atoms in total. The third kappa shape index (κ3) is 4.62. The Morgan fingerprint density at radius 2 is 2.07 bits per heavy atom. The van der Waals surface area contributed by atoms with Crippen LogP contribution in [0.2, 0.25) is 0 Å². The maximum atomic E-state index is 11.0. The molecule has 0 spiro atoms. The Hall–Kier alpha value is -0.610. The van der Waals surface area contributed by atoms with Crippen LogP contribution in [0.5, 0.6) is 0 Å². The van der Waals surface area contributed by atoms with Crippen molar-refractivity contribution in [1.82, 2.24) is 10.2 Å². The Morgan fingerprint density at radius 3 is 2.40 bits per heavy atom. The number of nitrogens with zero attached hydrogens (tertiary/aromatic N) is 1. The minimum absolute atomic E-state index is 0.490. The molecule has 0 radical (unpaired) electrons. The van der Waals surface area contributed by atoms with Crippen molar-refractivity contribution in [3.63, 3.8) is 0 Å². The highest BCUT2D eigenvalue weighted by Crippen LogP contribution is 2.08. The Kier molecular flexibility index (Phi) is 5.83. The van der Waals surface area contributed by atoms with Crippen LogP contribution < -0.4 is 5.32 Å². The molecule has 0 aliphatic carbocycles. The second kappa shape index (κ2) is 6.08. The predicted octanol–water partition coefficient (Wildman–Crippen LogP) is 1.17. The quantitative estimate of drug-likeness (QED) is 0.671. The molecule has 2 N–H and O–H groups in total. The summed E-state index contributed by atoms with van der Waals surface area (Å²) in [6, 6.07) is 0.490. The van der Waals surface area contributed by atoms with Crippen LogP contribution in [-0.4, -0.2) is 47.7 Å². The van der Waals surface area contributed by atoms with Gasteiger partial charge in [-0.2, -0.15) is 0 Å². The van der Waals surface area contributed by atoms with Gasteiger partial charge in [0.15, 0.2) is 0 Å². The molecule has 0 aliphatic heterocycles. The topological polar surface area (TPSA) is 52.6 Å². The number of likely N-dealkylation sites (N-methyl/N-ethyl adjacent to an activating group) is 1. The zero-order valence-electron chi connectivity index (χ0n) is 10.5. The van der Waals surface area contributed by atoms with Gasteiger partial charge in [-0.3, -0.25) is 4.79 Å². The number of hydrogen-bond donors (Lipinski definition) is 2. The molecule has 4 heteroatoms. The lowest BCUT2D eigenvalue weighted by Gasteiger charge is -2.27. The number of nitrogens with one attached hydrogen (secondary N) is 1. The van der Waals surface area contributed by atoms with Crippen molar-refractivity contribution in [2.24, 2.45) is 0 Å². The summed E-state index contributed by atoms with van der Waals surface area (Å²) in [5.74, 6) is -0.780. The third-order valence-electron chi connectivity index (χ3n) is 3.04. The van der Waals surface area contributed by atoms with Gasteiger partial charge in [-0.25, -0.2) is 0 Å². The van der Waals surface area contributed by atoms with Gasteiger partial charge in [-0.05, 0) is 34.2 Å². The molecule has 0 amide bonds. The second-order valence-electron chi connectivity index (χ2n) is 4.49. The predicted molar refractivity (Wildman–Crippen MR) is 62.1 cm³/mol. The average Bonchev–Trinajstić information content (AvgIpc) is 2.16. The van der Waals surface area contributed by atoms with Crippen molar-refractivity contribution in [2.75, 3.05) is 20.1 Å². The largest absolute Gasteiger partial charge is 0.480 e. The lowest BCUT2D eigenvalue weighted by molar-refractivity contribution is -0.144. The molecule has 0 aromatic heterocycles. The summed E-state index contributed by atoms with van der Waals surface area (Å²) in [5, 5.41) is 12.1. The third-order valence-corrected chi connectivity index (χ3v) is 3.04. The number of aliphatic carboxylic acids is 1. The molecule has 1 atom stereocenters. The van der Waals surface area contributed by atoms with E-state index in [2.05, 4.69) is 24.1 Å². The molecular weight excluding hydrogens is 192 g/mol. The first-order chi connectivity index (χ1) is 6.83. The van der Waals surface area contributed by atoms with E-state index in [9.17, 15) is 4.79 Å². The molecule has 0 aromatic rings. The summed E-state index contributed by atoms with van der Waals surface area (Å²) in [5.41, 5.74) is -0.794. The minimum Gasteiger partial charge on any atom is -0.480 e. The smallest absolute Gasteiger partial charge is 0.323 e. The minimum atomic E-state index is -0.794. The molecule has 1 unspecified atom stereocenters. The number of carboxylic acids is 1. The lowest BCUT2D eigenvalue weighted by atomic mass is 9.99. The van der Waals surface area contributed by atoms with E-state index in [0.717, 1.165) is 6.54 Å². The van der Waals surface area contributed by atoms with Crippen LogP contribution >= 0.6 is 0 Å². The molecule has 15 heavy (non-hydrogen) atoms. The normalized spacial score (nSPS) is 15.7. The molecule has 90 valence electrons. The highest BCUT2D eigenvalue weighted by atomic mass is 16.4. The van der Waals surface area contributed by atoms with Crippen molar-refractivity contribution in [3.05, 3.63) is 0 Å². The van der Waals surface area contributed by atoms with Crippen molar-refractivity contribution in [3.8, 4) is 0 Å². The fourth-order valence-electron chi connectivity index (χ4n) is 1.12. The first-order valence-corrected chi connectivity index (χ1v) is 5.52. The maximum Gasteiger partial charge on any atom is 0.323 e. The Balaban J connectivity index is 3.98. The van der Waals surface area contributed by atoms with E-state index in [-0.39, 0.29) is 0 Å². The maximum absolute atomic E-state index is 11.0. The number of carboxylic acid groups (broad SMARTS) is 1. The van der Waals surface area contributed by atoms with Gasteiger partial charge < -0.3 is 15.3 Å². The van der Waals surface area contributed by atoms with Gasteiger partial charge in [-0.1, -0.05) is 6.92 Å². The van der Waals surface area contributed by atoms with Crippen LogP contribution in [0.1, 0.15) is 34.1 Å². The van der Waals surface area contributed by atoms with Gasteiger partial charge in [0.2, 0.25) is 0 Å². The van der Waals surface area contributed by atoms with E-state index >= 15 is 0 Å². The fourth-order valence-corrected chi connectivity index (χ4v) is 1.12. The molecule has 0 rings (SSSR count). The van der Waals surface area contributed by atoms with Gasteiger partial charge in [0.05, 0.1) is 0 Å². The molecule has 0 aliphatic rings. The van der Waals surface area contributed by atoms with E-state index in [1.807, 2.05) is 14.0 Å². The molecule has 0 saturated heterocycles. The van der Waals surface area contributed by atoms with Crippen LogP contribution in [0.3, 0.4) is 0 Å². The van der Waals surface area contributed by atoms with Crippen LogP contribution in [0.15, 0.2) is 0 Å². The van der Waals surface area contributed by atoms with Crippen molar-refractivity contribution in [2.45, 2.75) is 45.7 Å². The lowest BCUT2D eigenvalue weighted by Crippen LogP contribution is -2.51. The first kappa shape index (κ1) is 14.4. The summed E-state index contributed by atoms with van der Waals surface area (Å²) in [7, 11) is 2.04. The zero-order chi connectivity index (χ0) is 12.1. The number of hydrogen-bond acceptors (Lipinski definition) is 3. The van der Waals surface area contributed by atoms with Crippen molar-refractivity contribution >= 4 is 5.97 Å². The van der Waals surface area contributed by atoms with Crippen LogP contribution in [0, 0.1) is 0 Å². The van der Waals surface area contributed by atoms with Crippen molar-refractivity contribution < 1.29 is 9.90 Å². The summed E-state index contributed by atoms with van der Waals surface area (Å²) >= 11 is 0. The summed E-state index contributed by atoms with van der Waals surface area (Å²) in [4.78, 5) is 13.2. The number of carbonyl (C=O) groups is 1. The SMILES string of the molecule is CCC(C)(NCCN(C)C(C)C)C(=O)O. The van der Waals surface area contributed by atoms with E-state index in [0.29, 0.717) is 19.0 Å². The Bertz CT molecular complexity index is 207. The Labute approximate surface area is 92.7 Å². The molecule has 0 fully saturated rings. The molecule has 0 heterocycles. The highest BCUT2D eigenvalue weighted by molar-refractivity contribution is 5.78. The van der Waals surface area contributed by atoms with Gasteiger partial charge in [0.1, 0.15) is 5.54 Å². The van der Waals surface area contributed by atoms with E-state index < -0.39 is 11.5 Å². The molecular formula is C11H24N2O2. The first-order valence-electron chi connectivity index (χ1n) is 5.52. The van der Waals surface area contributed by atoms with E-state index in [1.165, 1.54) is 0 Å². The van der Waals surface area contributed by atoms with E-state index in [4.69, 9.17) is 5.11 Å². The average molecular weight is 216 g/mol. The van der Waals surface area contributed by atoms with Gasteiger partial charge >= 0.3 is 5.97 Å². The molecule has 0 bridgehead atoms.